The SMILES string of the molecule is O=C(O)C1C2CCCC2CN1C(=O)Cc1csc2ccccc12. The van der Waals surface area contributed by atoms with Gasteiger partial charge in [0.15, 0.2) is 0 Å². The Morgan fingerprint density at radius 1 is 1.26 bits per heavy atom. The van der Waals surface area contributed by atoms with E-state index in [1.165, 1.54) is 4.70 Å². The number of nitrogens with zero attached hydrogens (tertiary/aromatic N) is 1. The summed E-state index contributed by atoms with van der Waals surface area (Å²) in [5, 5.41) is 12.7. The molecule has 1 saturated carbocycles. The first-order valence-electron chi connectivity index (χ1n) is 8.12. The number of carboxylic acids is 1. The van der Waals surface area contributed by atoms with Gasteiger partial charge in [0.1, 0.15) is 6.04 Å². The van der Waals surface area contributed by atoms with E-state index in [0.717, 1.165) is 30.2 Å². The third kappa shape index (κ3) is 2.43. The van der Waals surface area contributed by atoms with Crippen LogP contribution in [0.5, 0.6) is 0 Å². The molecule has 1 aromatic heterocycles. The second-order valence-corrected chi connectivity index (χ2v) is 7.53. The molecule has 3 atom stereocenters. The lowest BCUT2D eigenvalue weighted by Crippen LogP contribution is -2.43. The quantitative estimate of drug-likeness (QED) is 0.941. The lowest BCUT2D eigenvalue weighted by Gasteiger charge is -2.24. The fourth-order valence-corrected chi connectivity index (χ4v) is 5.28. The molecule has 2 fully saturated rings. The van der Waals surface area contributed by atoms with Crippen LogP contribution in [0.2, 0.25) is 0 Å². The number of thiophene rings is 1. The molecule has 0 spiro atoms. The van der Waals surface area contributed by atoms with Crippen molar-refractivity contribution in [2.45, 2.75) is 31.7 Å². The normalized spacial score (nSPS) is 26.6. The Balaban J connectivity index is 1.58. The van der Waals surface area contributed by atoms with E-state index in [0.29, 0.717) is 18.9 Å². The van der Waals surface area contributed by atoms with Gasteiger partial charge in [-0.15, -0.1) is 11.3 Å². The Morgan fingerprint density at radius 3 is 2.91 bits per heavy atom. The highest BCUT2D eigenvalue weighted by Crippen LogP contribution is 2.42. The largest absolute Gasteiger partial charge is 0.480 e. The number of amides is 1. The minimum absolute atomic E-state index is 0.0460. The van der Waals surface area contributed by atoms with E-state index in [2.05, 4.69) is 0 Å². The topological polar surface area (TPSA) is 57.6 Å². The van der Waals surface area contributed by atoms with Crippen LogP contribution in [-0.2, 0) is 16.0 Å². The number of likely N-dealkylation sites (tertiary alicyclic amines) is 1. The van der Waals surface area contributed by atoms with Gasteiger partial charge in [0.2, 0.25) is 5.91 Å². The predicted octanol–water partition coefficient (Wildman–Crippen LogP) is 3.16. The Morgan fingerprint density at radius 2 is 2.09 bits per heavy atom. The minimum atomic E-state index is -0.845. The Labute approximate surface area is 138 Å². The number of carboxylic acid groups (broad SMARTS) is 1. The van der Waals surface area contributed by atoms with E-state index in [1.54, 1.807) is 16.2 Å². The number of carbonyl (C=O) groups is 2. The molecule has 5 heteroatoms. The Hall–Kier alpha value is -1.88. The molecule has 2 aliphatic rings. The molecule has 3 unspecified atom stereocenters. The summed E-state index contributed by atoms with van der Waals surface area (Å²) in [6.07, 6.45) is 3.38. The van der Waals surface area contributed by atoms with Crippen LogP contribution in [0.1, 0.15) is 24.8 Å². The summed E-state index contributed by atoms with van der Waals surface area (Å²) in [4.78, 5) is 26.1. The fourth-order valence-electron chi connectivity index (χ4n) is 4.31. The van der Waals surface area contributed by atoms with Gasteiger partial charge in [-0.3, -0.25) is 4.79 Å². The van der Waals surface area contributed by atoms with E-state index in [4.69, 9.17) is 0 Å². The zero-order valence-electron chi connectivity index (χ0n) is 12.8. The number of benzene rings is 1. The molecule has 1 aliphatic heterocycles. The maximum Gasteiger partial charge on any atom is 0.326 e. The van der Waals surface area contributed by atoms with Crippen molar-refractivity contribution in [1.82, 2.24) is 4.90 Å². The smallest absolute Gasteiger partial charge is 0.326 e. The second kappa shape index (κ2) is 5.64. The van der Waals surface area contributed by atoms with E-state index < -0.39 is 12.0 Å². The van der Waals surface area contributed by atoms with Crippen molar-refractivity contribution in [3.8, 4) is 0 Å². The maximum atomic E-state index is 12.8. The third-order valence-corrected chi connectivity index (χ3v) is 6.38. The monoisotopic (exact) mass is 329 g/mol. The summed E-state index contributed by atoms with van der Waals surface area (Å²) < 4.78 is 1.17. The number of aliphatic carboxylic acids is 1. The first-order chi connectivity index (χ1) is 11.1. The summed E-state index contributed by atoms with van der Waals surface area (Å²) in [7, 11) is 0. The van der Waals surface area contributed by atoms with Crippen LogP contribution in [0.4, 0.5) is 0 Å². The van der Waals surface area contributed by atoms with Crippen LogP contribution in [0.15, 0.2) is 29.6 Å². The fraction of sp³-hybridized carbons (Fsp3) is 0.444. The van der Waals surface area contributed by atoms with Crippen molar-refractivity contribution in [2.75, 3.05) is 6.54 Å². The highest BCUT2D eigenvalue weighted by atomic mass is 32.1. The van der Waals surface area contributed by atoms with Crippen LogP contribution < -0.4 is 0 Å². The highest BCUT2D eigenvalue weighted by Gasteiger charge is 2.49. The summed E-state index contributed by atoms with van der Waals surface area (Å²) in [5.74, 6) is -0.367. The van der Waals surface area contributed by atoms with Crippen molar-refractivity contribution in [2.24, 2.45) is 11.8 Å². The molecular weight excluding hydrogens is 310 g/mol. The first-order valence-corrected chi connectivity index (χ1v) is 9.00. The van der Waals surface area contributed by atoms with Gasteiger partial charge in [0.05, 0.1) is 6.42 Å². The number of rotatable bonds is 3. The summed E-state index contributed by atoms with van der Waals surface area (Å²) in [6, 6.07) is 7.42. The van der Waals surface area contributed by atoms with E-state index in [9.17, 15) is 14.7 Å². The van der Waals surface area contributed by atoms with E-state index >= 15 is 0 Å². The molecule has 1 amide bonds. The average molecular weight is 329 g/mol. The van der Waals surface area contributed by atoms with Crippen molar-refractivity contribution in [3.05, 3.63) is 35.2 Å². The van der Waals surface area contributed by atoms with Crippen LogP contribution in [0.3, 0.4) is 0 Å². The van der Waals surface area contributed by atoms with Crippen molar-refractivity contribution < 1.29 is 14.7 Å². The number of hydrogen-bond donors (Lipinski definition) is 1. The van der Waals surface area contributed by atoms with Gasteiger partial charge in [-0.1, -0.05) is 24.6 Å². The maximum absolute atomic E-state index is 12.8. The standard InChI is InChI=1S/C18H19NO3S/c20-16(8-12-10-23-15-7-2-1-5-13(12)15)19-9-11-4-3-6-14(11)17(19)18(21)22/h1-2,5,7,10-11,14,17H,3-4,6,8-9H2,(H,21,22). The third-order valence-electron chi connectivity index (χ3n) is 5.37. The molecule has 4 rings (SSSR count). The predicted molar refractivity (Wildman–Crippen MR) is 89.5 cm³/mol. The summed E-state index contributed by atoms with van der Waals surface area (Å²) in [5.41, 5.74) is 1.01. The molecule has 0 bridgehead atoms. The average Bonchev–Trinajstić information content (AvgIpc) is 3.20. The van der Waals surface area contributed by atoms with Gasteiger partial charge in [-0.05, 0) is 47.1 Å². The van der Waals surface area contributed by atoms with Gasteiger partial charge >= 0.3 is 5.97 Å². The molecule has 120 valence electrons. The van der Waals surface area contributed by atoms with E-state index in [-0.39, 0.29) is 11.8 Å². The van der Waals surface area contributed by atoms with Crippen LogP contribution >= 0.6 is 11.3 Å². The molecule has 1 saturated heterocycles. The lowest BCUT2D eigenvalue weighted by molar-refractivity contribution is -0.149. The first kappa shape index (κ1) is 14.7. The Bertz CT molecular complexity index is 768. The number of carbonyl (C=O) groups excluding carboxylic acids is 1. The zero-order chi connectivity index (χ0) is 16.0. The molecule has 4 nitrogen and oxygen atoms in total. The minimum Gasteiger partial charge on any atom is -0.480 e. The number of fused-ring (bicyclic) bond motifs is 2. The summed E-state index contributed by atoms with van der Waals surface area (Å²) >= 11 is 1.64. The molecule has 2 heterocycles. The van der Waals surface area contributed by atoms with Gasteiger partial charge in [-0.2, -0.15) is 0 Å². The molecule has 1 N–H and O–H groups in total. The van der Waals surface area contributed by atoms with Crippen LogP contribution in [0.25, 0.3) is 10.1 Å². The zero-order valence-corrected chi connectivity index (χ0v) is 13.6. The van der Waals surface area contributed by atoms with Crippen LogP contribution in [0, 0.1) is 11.8 Å². The Kier molecular flexibility index (Phi) is 3.60. The van der Waals surface area contributed by atoms with Crippen molar-refractivity contribution >= 4 is 33.3 Å². The lowest BCUT2D eigenvalue weighted by atomic mass is 9.94. The highest BCUT2D eigenvalue weighted by molar-refractivity contribution is 7.17. The molecular formula is C18H19NO3S. The second-order valence-electron chi connectivity index (χ2n) is 6.62. The van der Waals surface area contributed by atoms with Gasteiger partial charge in [0, 0.05) is 11.2 Å². The van der Waals surface area contributed by atoms with Gasteiger partial charge in [0.25, 0.3) is 0 Å². The molecule has 0 radical (unpaired) electrons. The number of hydrogen-bond acceptors (Lipinski definition) is 3. The van der Waals surface area contributed by atoms with Gasteiger partial charge < -0.3 is 10.0 Å². The molecule has 1 aliphatic carbocycles. The molecule has 1 aromatic carbocycles. The van der Waals surface area contributed by atoms with Crippen molar-refractivity contribution in [1.29, 1.82) is 0 Å². The van der Waals surface area contributed by atoms with E-state index in [1.807, 2.05) is 29.6 Å². The molecule has 23 heavy (non-hydrogen) atoms. The summed E-state index contributed by atoms with van der Waals surface area (Å²) in [6.45, 7) is 0.614. The van der Waals surface area contributed by atoms with Gasteiger partial charge in [-0.25, -0.2) is 4.79 Å². The molecule has 2 aromatic rings. The van der Waals surface area contributed by atoms with Crippen molar-refractivity contribution in [3.63, 3.8) is 0 Å². The van der Waals surface area contributed by atoms with Crippen LogP contribution in [-0.4, -0.2) is 34.5 Å².